The maximum atomic E-state index is 12.4. The first kappa shape index (κ1) is 11.4. The minimum atomic E-state index is -4.51. The number of nitrogens with two attached hydrogens (primary N) is 1. The van der Waals surface area contributed by atoms with E-state index < -0.39 is 11.9 Å². The molecule has 0 atom stereocenters. The van der Waals surface area contributed by atoms with Gasteiger partial charge in [-0.1, -0.05) is 0 Å². The number of nitrogens with zero attached hydrogens (tertiary/aromatic N) is 4. The van der Waals surface area contributed by atoms with Crippen molar-refractivity contribution < 1.29 is 13.2 Å². The van der Waals surface area contributed by atoms with Gasteiger partial charge in [0.15, 0.2) is 0 Å². The summed E-state index contributed by atoms with van der Waals surface area (Å²) in [4.78, 5) is 7.09. The highest BCUT2D eigenvalue weighted by Gasteiger charge is 2.33. The van der Waals surface area contributed by atoms with Crippen LogP contribution in [0.5, 0.6) is 0 Å². The third kappa shape index (κ3) is 2.19. The Hall–Kier alpha value is -2.12. The van der Waals surface area contributed by atoms with Crippen LogP contribution in [0, 0.1) is 6.92 Å². The summed E-state index contributed by atoms with van der Waals surface area (Å²) in [5.74, 6) is 0.0608. The molecule has 0 saturated carbocycles. The number of nitrogen functional groups attached to an aromatic ring is 1. The monoisotopic (exact) mass is 243 g/mol. The summed E-state index contributed by atoms with van der Waals surface area (Å²) >= 11 is 0. The largest absolute Gasteiger partial charge is 0.433 e. The molecule has 0 bridgehead atoms. The standard InChI is InChI=1S/C9H8F3N5/c1-5-4-17(16-7(5)13)8-14-3-2-6(15-8)9(10,11)12/h2-4H,1H3,(H2,13,16). The van der Waals surface area contributed by atoms with Crippen molar-refractivity contribution in [1.82, 2.24) is 19.7 Å². The smallest absolute Gasteiger partial charge is 0.382 e. The van der Waals surface area contributed by atoms with Gasteiger partial charge >= 0.3 is 6.18 Å². The molecular weight excluding hydrogens is 235 g/mol. The lowest BCUT2D eigenvalue weighted by atomic mass is 10.4. The van der Waals surface area contributed by atoms with Crippen molar-refractivity contribution in [1.29, 1.82) is 0 Å². The van der Waals surface area contributed by atoms with Crippen LogP contribution in [0.3, 0.4) is 0 Å². The van der Waals surface area contributed by atoms with Crippen LogP contribution in [0.2, 0.25) is 0 Å². The molecule has 0 amide bonds. The second-order valence-electron chi connectivity index (χ2n) is 3.38. The van der Waals surface area contributed by atoms with Gasteiger partial charge in [-0.25, -0.2) is 14.6 Å². The number of alkyl halides is 3. The molecule has 0 spiro atoms. The van der Waals surface area contributed by atoms with Gasteiger partial charge in [-0.15, -0.1) is 5.10 Å². The highest BCUT2D eigenvalue weighted by molar-refractivity contribution is 5.37. The highest BCUT2D eigenvalue weighted by atomic mass is 19.4. The van der Waals surface area contributed by atoms with Gasteiger partial charge in [-0.05, 0) is 13.0 Å². The summed E-state index contributed by atoms with van der Waals surface area (Å²) in [6, 6.07) is 0.795. The van der Waals surface area contributed by atoms with Crippen LogP contribution in [0.1, 0.15) is 11.3 Å². The lowest BCUT2D eigenvalue weighted by molar-refractivity contribution is -0.141. The Morgan fingerprint density at radius 3 is 2.59 bits per heavy atom. The van der Waals surface area contributed by atoms with E-state index in [1.54, 1.807) is 6.92 Å². The normalized spacial score (nSPS) is 11.8. The molecule has 8 heteroatoms. The summed E-state index contributed by atoms with van der Waals surface area (Å²) < 4.78 is 38.4. The number of halogens is 3. The number of hydrogen-bond acceptors (Lipinski definition) is 4. The van der Waals surface area contributed by atoms with E-state index in [9.17, 15) is 13.2 Å². The first-order valence-electron chi connectivity index (χ1n) is 4.60. The lowest BCUT2D eigenvalue weighted by Gasteiger charge is -2.06. The number of aryl methyl sites for hydroxylation is 1. The second kappa shape index (κ2) is 3.72. The Balaban J connectivity index is 2.47. The molecule has 5 nitrogen and oxygen atoms in total. The molecule has 0 aliphatic heterocycles. The summed E-state index contributed by atoms with van der Waals surface area (Å²) in [5.41, 5.74) is 5.12. The van der Waals surface area contributed by atoms with Crippen molar-refractivity contribution in [3.8, 4) is 5.95 Å². The number of hydrogen-bond donors (Lipinski definition) is 1. The number of rotatable bonds is 1. The molecule has 0 fully saturated rings. The van der Waals surface area contributed by atoms with Crippen LogP contribution in [-0.2, 0) is 6.18 Å². The molecule has 90 valence electrons. The SMILES string of the molecule is Cc1cn(-c2nccc(C(F)(F)F)n2)nc1N. The number of anilines is 1. The minimum Gasteiger partial charge on any atom is -0.382 e. The minimum absolute atomic E-state index is 0.167. The molecule has 2 heterocycles. The van der Waals surface area contributed by atoms with Crippen molar-refractivity contribution in [3.63, 3.8) is 0 Å². The van der Waals surface area contributed by atoms with E-state index >= 15 is 0 Å². The van der Waals surface area contributed by atoms with E-state index in [0.29, 0.717) is 5.56 Å². The Morgan fingerprint density at radius 1 is 1.35 bits per heavy atom. The van der Waals surface area contributed by atoms with Crippen molar-refractivity contribution in [2.75, 3.05) is 5.73 Å². The first-order chi connectivity index (χ1) is 7.88. The summed E-state index contributed by atoms with van der Waals surface area (Å²) in [6.45, 7) is 1.69. The van der Waals surface area contributed by atoms with Crippen LogP contribution in [0.15, 0.2) is 18.5 Å². The van der Waals surface area contributed by atoms with E-state index in [1.165, 1.54) is 6.20 Å². The van der Waals surface area contributed by atoms with Crippen LogP contribution < -0.4 is 5.73 Å². The highest BCUT2D eigenvalue weighted by Crippen LogP contribution is 2.27. The second-order valence-corrected chi connectivity index (χ2v) is 3.38. The Kier molecular flexibility index (Phi) is 2.49. The van der Waals surface area contributed by atoms with Crippen molar-refractivity contribution in [2.24, 2.45) is 0 Å². The zero-order chi connectivity index (χ0) is 12.6. The third-order valence-electron chi connectivity index (χ3n) is 2.07. The van der Waals surface area contributed by atoms with E-state index in [-0.39, 0.29) is 11.8 Å². The summed E-state index contributed by atoms with van der Waals surface area (Å²) in [7, 11) is 0. The Labute approximate surface area is 94.1 Å². The fourth-order valence-electron chi connectivity index (χ4n) is 1.19. The van der Waals surface area contributed by atoms with Gasteiger partial charge in [0, 0.05) is 18.0 Å². The van der Waals surface area contributed by atoms with Gasteiger partial charge < -0.3 is 5.73 Å². The molecule has 0 radical (unpaired) electrons. The summed E-state index contributed by atoms with van der Waals surface area (Å²) in [5, 5.41) is 3.81. The molecular formula is C9H8F3N5. The first-order valence-corrected chi connectivity index (χ1v) is 4.60. The van der Waals surface area contributed by atoms with Gasteiger partial charge in [0.05, 0.1) is 0 Å². The Bertz CT molecular complexity index is 526. The fourth-order valence-corrected chi connectivity index (χ4v) is 1.19. The molecule has 2 aromatic heterocycles. The van der Waals surface area contributed by atoms with Crippen LogP contribution >= 0.6 is 0 Å². The van der Waals surface area contributed by atoms with Gasteiger partial charge in [-0.3, -0.25) is 0 Å². The van der Waals surface area contributed by atoms with E-state index in [4.69, 9.17) is 5.73 Å². The molecule has 2 N–H and O–H groups in total. The molecule has 0 saturated heterocycles. The molecule has 2 rings (SSSR count). The molecule has 0 aliphatic rings. The maximum Gasteiger partial charge on any atom is 0.433 e. The van der Waals surface area contributed by atoms with Crippen molar-refractivity contribution in [2.45, 2.75) is 13.1 Å². The van der Waals surface area contributed by atoms with Crippen LogP contribution in [0.4, 0.5) is 19.0 Å². The van der Waals surface area contributed by atoms with Gasteiger partial charge in [-0.2, -0.15) is 13.2 Å². The third-order valence-corrected chi connectivity index (χ3v) is 2.07. The van der Waals surface area contributed by atoms with E-state index in [1.807, 2.05) is 0 Å². The maximum absolute atomic E-state index is 12.4. The lowest BCUT2D eigenvalue weighted by Crippen LogP contribution is -2.11. The topological polar surface area (TPSA) is 69.6 Å². The average Bonchev–Trinajstić information content (AvgIpc) is 2.58. The van der Waals surface area contributed by atoms with E-state index in [0.717, 1.165) is 16.9 Å². The number of aromatic nitrogens is 4. The summed E-state index contributed by atoms with van der Waals surface area (Å²) in [6.07, 6.45) is -2.02. The molecule has 0 aromatic carbocycles. The molecule has 0 unspecified atom stereocenters. The van der Waals surface area contributed by atoms with Crippen LogP contribution in [-0.4, -0.2) is 19.7 Å². The van der Waals surface area contributed by atoms with E-state index in [2.05, 4.69) is 15.1 Å². The van der Waals surface area contributed by atoms with Crippen LogP contribution in [0.25, 0.3) is 5.95 Å². The van der Waals surface area contributed by atoms with Gasteiger partial charge in [0.25, 0.3) is 5.95 Å². The fraction of sp³-hybridized carbons (Fsp3) is 0.222. The predicted octanol–water partition coefficient (Wildman–Crippen LogP) is 1.57. The average molecular weight is 243 g/mol. The zero-order valence-corrected chi connectivity index (χ0v) is 8.73. The van der Waals surface area contributed by atoms with Crippen molar-refractivity contribution in [3.05, 3.63) is 29.7 Å². The molecule has 17 heavy (non-hydrogen) atoms. The zero-order valence-electron chi connectivity index (χ0n) is 8.73. The predicted molar refractivity (Wildman–Crippen MR) is 53.3 cm³/mol. The quantitative estimate of drug-likeness (QED) is 0.825. The molecule has 0 aliphatic carbocycles. The van der Waals surface area contributed by atoms with Gasteiger partial charge in [0.1, 0.15) is 11.5 Å². The van der Waals surface area contributed by atoms with Crippen molar-refractivity contribution >= 4 is 5.82 Å². The molecule has 2 aromatic rings. The Morgan fingerprint density at radius 2 is 2.06 bits per heavy atom. The van der Waals surface area contributed by atoms with Gasteiger partial charge in [0.2, 0.25) is 0 Å².